The summed E-state index contributed by atoms with van der Waals surface area (Å²) in [6.07, 6.45) is 2.01. The Morgan fingerprint density at radius 1 is 1.00 bits per heavy atom. The van der Waals surface area contributed by atoms with Gasteiger partial charge < -0.3 is 9.47 Å². The summed E-state index contributed by atoms with van der Waals surface area (Å²) in [5.41, 5.74) is 2.04. The number of rotatable bonds is 3. The van der Waals surface area contributed by atoms with E-state index in [-0.39, 0.29) is 34.1 Å². The molecule has 11 heteroatoms. The number of carbonyl (C=O) groups excluding carboxylic acids is 1. The number of carbonyl (C=O) groups is 1. The van der Waals surface area contributed by atoms with Crippen molar-refractivity contribution in [1.82, 2.24) is 22.5 Å². The molecule has 34 heavy (non-hydrogen) atoms. The molecule has 1 aromatic carbocycles. The minimum Gasteiger partial charge on any atom is -0.341 e. The summed E-state index contributed by atoms with van der Waals surface area (Å²) in [7, 11) is -3.70. The molecular formula is C23H25N5O4S2. The highest BCUT2D eigenvalue weighted by Gasteiger charge is 2.40. The third-order valence-electron chi connectivity index (χ3n) is 7.46. The summed E-state index contributed by atoms with van der Waals surface area (Å²) < 4.78 is 38.2. The fourth-order valence-corrected chi connectivity index (χ4v) is 8.03. The van der Waals surface area contributed by atoms with Crippen LogP contribution in [0.1, 0.15) is 30.9 Å². The molecule has 9 nitrogen and oxygen atoms in total. The molecular weight excluding hydrogens is 474 g/mol. The van der Waals surface area contributed by atoms with Gasteiger partial charge in [-0.05, 0) is 43.4 Å². The molecule has 0 radical (unpaired) electrons. The number of hydrogen-bond donors (Lipinski definition) is 0. The van der Waals surface area contributed by atoms with Gasteiger partial charge in [-0.15, -0.1) is 0 Å². The average Bonchev–Trinajstić information content (AvgIpc) is 3.33. The predicted molar refractivity (Wildman–Crippen MR) is 127 cm³/mol. The van der Waals surface area contributed by atoms with Gasteiger partial charge in [0.2, 0.25) is 15.9 Å². The van der Waals surface area contributed by atoms with Crippen LogP contribution < -0.4 is 5.56 Å². The van der Waals surface area contributed by atoms with Gasteiger partial charge in [-0.1, -0.05) is 12.1 Å². The number of fused-ring (bicyclic) bond motifs is 5. The SMILES string of the molecule is O=C(C1CCN(S(=O)(=O)c2cccc3nsnc23)CC1)N1C[C@H]2C[C@@H](C1)c1cccc(=O)n1C2. The first-order valence-corrected chi connectivity index (χ1v) is 13.8. The summed E-state index contributed by atoms with van der Waals surface area (Å²) in [5, 5.41) is 0. The summed E-state index contributed by atoms with van der Waals surface area (Å²) in [6.45, 7) is 2.56. The van der Waals surface area contributed by atoms with Crippen LogP contribution in [0.5, 0.6) is 0 Å². The van der Waals surface area contributed by atoms with E-state index in [1.807, 2.05) is 15.5 Å². The maximum absolute atomic E-state index is 13.4. The smallest absolute Gasteiger partial charge is 0.250 e. The minimum absolute atomic E-state index is 0.0321. The zero-order chi connectivity index (χ0) is 23.4. The van der Waals surface area contributed by atoms with Crippen LogP contribution in [0.15, 0.2) is 46.1 Å². The van der Waals surface area contributed by atoms with Crippen LogP contribution in [0.25, 0.3) is 11.0 Å². The maximum atomic E-state index is 13.4. The van der Waals surface area contributed by atoms with E-state index in [2.05, 4.69) is 8.75 Å². The quantitative estimate of drug-likeness (QED) is 0.545. The highest BCUT2D eigenvalue weighted by molar-refractivity contribution is 7.89. The number of aromatic nitrogens is 3. The monoisotopic (exact) mass is 499 g/mol. The van der Waals surface area contributed by atoms with Gasteiger partial charge in [-0.25, -0.2) is 8.42 Å². The molecule has 5 heterocycles. The van der Waals surface area contributed by atoms with Crippen LogP contribution in [-0.4, -0.2) is 63.0 Å². The lowest BCUT2D eigenvalue weighted by molar-refractivity contribution is -0.139. The number of nitrogens with zero attached hydrogens (tertiary/aromatic N) is 5. The van der Waals surface area contributed by atoms with Gasteiger partial charge in [-0.3, -0.25) is 9.59 Å². The molecule has 2 aromatic heterocycles. The van der Waals surface area contributed by atoms with E-state index in [4.69, 9.17) is 0 Å². The topological polar surface area (TPSA) is 105 Å². The Balaban J connectivity index is 1.15. The Morgan fingerprint density at radius 3 is 2.62 bits per heavy atom. The Labute approximate surface area is 201 Å². The van der Waals surface area contributed by atoms with Gasteiger partial charge in [-0.2, -0.15) is 13.1 Å². The van der Waals surface area contributed by atoms with E-state index >= 15 is 0 Å². The number of pyridine rings is 1. The Bertz CT molecular complexity index is 1420. The van der Waals surface area contributed by atoms with Gasteiger partial charge in [0, 0.05) is 56.3 Å². The van der Waals surface area contributed by atoms with E-state index in [9.17, 15) is 18.0 Å². The molecule has 178 valence electrons. The molecule has 2 atom stereocenters. The molecule has 0 spiro atoms. The second-order valence-corrected chi connectivity index (χ2v) is 11.9. The van der Waals surface area contributed by atoms with Crippen molar-refractivity contribution in [1.29, 1.82) is 0 Å². The Hall–Kier alpha value is -2.63. The van der Waals surface area contributed by atoms with E-state index in [1.165, 1.54) is 4.31 Å². The van der Waals surface area contributed by atoms with Gasteiger partial charge in [0.05, 0.1) is 11.7 Å². The van der Waals surface area contributed by atoms with Crippen molar-refractivity contribution in [2.75, 3.05) is 26.2 Å². The van der Waals surface area contributed by atoms with E-state index in [0.29, 0.717) is 56.6 Å². The second kappa shape index (κ2) is 8.24. The van der Waals surface area contributed by atoms with Gasteiger partial charge in [0.15, 0.2) is 0 Å². The zero-order valence-electron chi connectivity index (χ0n) is 18.5. The van der Waals surface area contributed by atoms with Crippen molar-refractivity contribution >= 4 is 38.7 Å². The van der Waals surface area contributed by atoms with Crippen LogP contribution in [0.2, 0.25) is 0 Å². The van der Waals surface area contributed by atoms with E-state index in [1.54, 1.807) is 30.3 Å². The van der Waals surface area contributed by atoms with Crippen molar-refractivity contribution in [2.24, 2.45) is 11.8 Å². The first-order valence-electron chi connectivity index (χ1n) is 11.6. The van der Waals surface area contributed by atoms with Crippen molar-refractivity contribution < 1.29 is 13.2 Å². The molecule has 1 amide bonds. The lowest BCUT2D eigenvalue weighted by Crippen LogP contribution is -2.52. The zero-order valence-corrected chi connectivity index (χ0v) is 20.2. The molecule has 2 fully saturated rings. The van der Waals surface area contributed by atoms with Crippen molar-refractivity contribution in [3.05, 3.63) is 52.4 Å². The molecule has 2 saturated heterocycles. The first-order chi connectivity index (χ1) is 16.4. The van der Waals surface area contributed by atoms with Crippen LogP contribution in [-0.2, 0) is 21.4 Å². The number of hydrogen-bond acceptors (Lipinski definition) is 7. The highest BCUT2D eigenvalue weighted by atomic mass is 32.2. The number of piperidine rings is 2. The van der Waals surface area contributed by atoms with Crippen LogP contribution in [0.3, 0.4) is 0 Å². The largest absolute Gasteiger partial charge is 0.341 e. The molecule has 6 rings (SSSR count). The second-order valence-electron chi connectivity index (χ2n) is 9.51. The highest BCUT2D eigenvalue weighted by Crippen LogP contribution is 2.36. The van der Waals surface area contributed by atoms with Crippen LogP contribution in [0.4, 0.5) is 0 Å². The average molecular weight is 500 g/mol. The molecule has 0 saturated carbocycles. The fourth-order valence-electron chi connectivity index (χ4n) is 5.81. The maximum Gasteiger partial charge on any atom is 0.250 e. The molecule has 2 bridgehead atoms. The molecule has 0 unspecified atom stereocenters. The van der Waals surface area contributed by atoms with Gasteiger partial charge in [0.25, 0.3) is 5.56 Å². The minimum atomic E-state index is -3.70. The van der Waals surface area contributed by atoms with E-state index < -0.39 is 10.0 Å². The summed E-state index contributed by atoms with van der Waals surface area (Å²) in [6, 6.07) is 10.4. The summed E-state index contributed by atoms with van der Waals surface area (Å²) in [5.74, 6) is 0.394. The normalized spacial score (nSPS) is 23.7. The molecule has 3 aliphatic heterocycles. The summed E-state index contributed by atoms with van der Waals surface area (Å²) in [4.78, 5) is 27.8. The van der Waals surface area contributed by atoms with Crippen LogP contribution in [0, 0.1) is 11.8 Å². The first kappa shape index (κ1) is 21.9. The van der Waals surface area contributed by atoms with Crippen molar-refractivity contribution in [2.45, 2.75) is 36.6 Å². The Kier molecular flexibility index (Phi) is 5.30. The number of likely N-dealkylation sites (tertiary alicyclic amines) is 1. The number of sulfonamides is 1. The van der Waals surface area contributed by atoms with Gasteiger partial charge >= 0.3 is 0 Å². The predicted octanol–water partition coefficient (Wildman–Crippen LogP) is 1.90. The number of benzene rings is 1. The van der Waals surface area contributed by atoms with Crippen molar-refractivity contribution in [3.63, 3.8) is 0 Å². The fraction of sp³-hybridized carbons (Fsp3) is 0.478. The van der Waals surface area contributed by atoms with Gasteiger partial charge in [0.1, 0.15) is 15.9 Å². The standard InChI is InChI=1S/C23H25N5O4S2/c29-21-6-2-4-19-17-11-15(13-28(19)21)12-26(14-17)23(30)16-7-9-27(10-8-16)34(31,32)20-5-1-3-18-22(20)25-33-24-18/h1-6,15-17H,7-14H2/t15-,17+/m1/s1. The molecule has 0 aliphatic carbocycles. The number of amides is 1. The summed E-state index contributed by atoms with van der Waals surface area (Å²) >= 11 is 1.00. The lowest BCUT2D eigenvalue weighted by Gasteiger charge is -2.44. The van der Waals surface area contributed by atoms with Crippen LogP contribution >= 0.6 is 11.7 Å². The van der Waals surface area contributed by atoms with Crippen molar-refractivity contribution in [3.8, 4) is 0 Å². The molecule has 3 aromatic rings. The Morgan fingerprint density at radius 2 is 1.79 bits per heavy atom. The lowest BCUT2D eigenvalue weighted by atomic mass is 9.82. The third kappa shape index (κ3) is 3.57. The third-order valence-corrected chi connectivity index (χ3v) is 9.93. The van der Waals surface area contributed by atoms with E-state index in [0.717, 1.165) is 23.8 Å². The molecule has 0 N–H and O–H groups in total. The molecule has 3 aliphatic rings.